The summed E-state index contributed by atoms with van der Waals surface area (Å²) in [6.45, 7) is 0.396. The maximum Gasteiger partial charge on any atom is 0.343 e. The van der Waals surface area contributed by atoms with E-state index in [4.69, 9.17) is 9.47 Å². The predicted octanol–water partition coefficient (Wildman–Crippen LogP) is 4.25. The Kier molecular flexibility index (Phi) is 5.38. The van der Waals surface area contributed by atoms with Crippen molar-refractivity contribution in [2.75, 3.05) is 20.3 Å². The van der Waals surface area contributed by atoms with Crippen LogP contribution in [0.4, 0.5) is 0 Å². The number of benzene rings is 3. The fraction of sp³-hybridized carbons (Fsp3) is 0.208. The van der Waals surface area contributed by atoms with E-state index >= 15 is 0 Å². The molecule has 1 N–H and O–H groups in total. The van der Waals surface area contributed by atoms with E-state index in [0.29, 0.717) is 18.1 Å². The highest BCUT2D eigenvalue weighted by Crippen LogP contribution is 2.47. The fourth-order valence-corrected chi connectivity index (χ4v) is 3.77. The van der Waals surface area contributed by atoms with Crippen molar-refractivity contribution in [2.24, 2.45) is 0 Å². The Morgan fingerprint density at radius 2 is 1.79 bits per heavy atom. The molecule has 0 amide bonds. The number of ether oxygens (including phenoxy) is 3. The molecule has 0 spiro atoms. The second-order valence-corrected chi connectivity index (χ2v) is 6.96. The van der Waals surface area contributed by atoms with E-state index in [1.807, 2.05) is 48.5 Å². The zero-order valence-corrected chi connectivity index (χ0v) is 16.1. The second-order valence-electron chi connectivity index (χ2n) is 6.96. The van der Waals surface area contributed by atoms with Gasteiger partial charge in [0.1, 0.15) is 17.2 Å². The lowest BCUT2D eigenvalue weighted by Gasteiger charge is -2.34. The van der Waals surface area contributed by atoms with Crippen LogP contribution in [0.3, 0.4) is 0 Å². The molecule has 0 saturated heterocycles. The number of methoxy groups -OCH3 is 1. The summed E-state index contributed by atoms with van der Waals surface area (Å²) in [5.74, 6) is 1.27. The quantitative estimate of drug-likeness (QED) is 0.660. The fourth-order valence-electron chi connectivity index (χ4n) is 3.77. The monoisotopic (exact) mass is 390 g/mol. The number of phenols is 1. The van der Waals surface area contributed by atoms with Crippen LogP contribution in [0.25, 0.3) is 0 Å². The smallest absolute Gasteiger partial charge is 0.343 e. The molecular formula is C24H22O5. The molecule has 5 heteroatoms. The molecule has 3 aromatic carbocycles. The molecule has 2 atom stereocenters. The number of hydrogen-bond acceptors (Lipinski definition) is 5. The molecule has 3 aromatic rings. The molecule has 0 unspecified atom stereocenters. The van der Waals surface area contributed by atoms with E-state index in [1.54, 1.807) is 12.1 Å². The summed E-state index contributed by atoms with van der Waals surface area (Å²) >= 11 is 0. The summed E-state index contributed by atoms with van der Waals surface area (Å²) in [5.41, 5.74) is 3.34. The molecule has 4 rings (SSSR count). The van der Waals surface area contributed by atoms with Crippen molar-refractivity contribution < 1.29 is 24.1 Å². The van der Waals surface area contributed by atoms with Gasteiger partial charge in [0.15, 0.2) is 6.61 Å². The van der Waals surface area contributed by atoms with Crippen LogP contribution in [0.2, 0.25) is 0 Å². The average molecular weight is 390 g/mol. The van der Waals surface area contributed by atoms with Crippen LogP contribution >= 0.6 is 0 Å². The van der Waals surface area contributed by atoms with Crippen LogP contribution in [-0.2, 0) is 9.53 Å². The topological polar surface area (TPSA) is 65.0 Å². The Morgan fingerprint density at radius 3 is 2.52 bits per heavy atom. The van der Waals surface area contributed by atoms with Crippen molar-refractivity contribution in [1.82, 2.24) is 0 Å². The lowest BCUT2D eigenvalue weighted by Crippen LogP contribution is -2.25. The highest BCUT2D eigenvalue weighted by Gasteiger charge is 2.33. The first kappa shape index (κ1) is 18.9. The highest BCUT2D eigenvalue weighted by molar-refractivity contribution is 5.70. The third-order valence-corrected chi connectivity index (χ3v) is 5.20. The number of phenolic OH excluding ortho intramolecular Hbond substituents is 1. The number of esters is 1. The molecular weight excluding hydrogens is 368 g/mol. The molecule has 29 heavy (non-hydrogen) atoms. The Bertz CT molecular complexity index is 982. The lowest BCUT2D eigenvalue weighted by molar-refractivity contribution is -0.142. The number of carbonyl (C=O) groups is 1. The number of aromatic hydroxyl groups is 1. The predicted molar refractivity (Wildman–Crippen MR) is 109 cm³/mol. The van der Waals surface area contributed by atoms with Crippen molar-refractivity contribution >= 4 is 5.97 Å². The van der Waals surface area contributed by atoms with Crippen LogP contribution in [0, 0.1) is 0 Å². The van der Waals surface area contributed by atoms with E-state index in [9.17, 15) is 9.90 Å². The van der Waals surface area contributed by atoms with E-state index < -0.39 is 5.97 Å². The third kappa shape index (κ3) is 4.04. The summed E-state index contributed by atoms with van der Waals surface area (Å²) in [6, 6.07) is 23.3. The maximum atomic E-state index is 11.3. The van der Waals surface area contributed by atoms with Gasteiger partial charge in [-0.15, -0.1) is 0 Å². The number of rotatable bonds is 5. The minimum absolute atomic E-state index is 0.0661. The molecule has 148 valence electrons. The number of fused-ring (bicyclic) bond motifs is 1. The number of carbonyl (C=O) groups excluding carboxylic acids is 1. The van der Waals surface area contributed by atoms with Crippen molar-refractivity contribution in [3.05, 3.63) is 89.5 Å². The van der Waals surface area contributed by atoms with E-state index in [1.165, 1.54) is 12.7 Å². The van der Waals surface area contributed by atoms with Crippen molar-refractivity contribution in [3.63, 3.8) is 0 Å². The summed E-state index contributed by atoms with van der Waals surface area (Å²) < 4.78 is 16.1. The molecule has 0 aromatic heterocycles. The van der Waals surface area contributed by atoms with Gasteiger partial charge in [-0.2, -0.15) is 0 Å². The standard InChI is InChI=1S/C24H22O5/c1-27-23(26)15-28-19-10-7-17(8-11-19)24-20-12-9-18(25)13-22(20)29-14-21(24)16-5-3-2-4-6-16/h2-13,21,24-25H,14-15H2,1H3/t21-,24+/m1/s1. The van der Waals surface area contributed by atoms with Gasteiger partial charge in [0, 0.05) is 23.5 Å². The zero-order valence-electron chi connectivity index (χ0n) is 16.1. The van der Waals surface area contributed by atoms with Crippen LogP contribution in [0.5, 0.6) is 17.2 Å². The highest BCUT2D eigenvalue weighted by atomic mass is 16.6. The van der Waals surface area contributed by atoms with Crippen LogP contribution in [0.1, 0.15) is 28.5 Å². The van der Waals surface area contributed by atoms with Gasteiger partial charge in [-0.25, -0.2) is 4.79 Å². The summed E-state index contributed by atoms with van der Waals surface area (Å²) in [4.78, 5) is 11.3. The van der Waals surface area contributed by atoms with Gasteiger partial charge >= 0.3 is 5.97 Å². The van der Waals surface area contributed by atoms with Crippen LogP contribution in [-0.4, -0.2) is 31.4 Å². The molecule has 1 aliphatic rings. The largest absolute Gasteiger partial charge is 0.508 e. The van der Waals surface area contributed by atoms with Gasteiger partial charge in [-0.3, -0.25) is 0 Å². The summed E-state index contributed by atoms with van der Waals surface area (Å²) in [5, 5.41) is 9.85. The first-order chi connectivity index (χ1) is 14.2. The Balaban J connectivity index is 1.68. The normalized spacial score (nSPS) is 17.7. The van der Waals surface area contributed by atoms with Crippen LogP contribution < -0.4 is 9.47 Å². The molecule has 1 heterocycles. The van der Waals surface area contributed by atoms with Gasteiger partial charge in [0.2, 0.25) is 0 Å². The van der Waals surface area contributed by atoms with Gasteiger partial charge in [0.05, 0.1) is 13.7 Å². The molecule has 1 aliphatic heterocycles. The molecule has 0 aliphatic carbocycles. The SMILES string of the molecule is COC(=O)COc1ccc([C@H]2c3ccc(O)cc3OC[C@@H]2c2ccccc2)cc1. The third-order valence-electron chi connectivity index (χ3n) is 5.20. The van der Waals surface area contributed by atoms with Crippen molar-refractivity contribution in [1.29, 1.82) is 0 Å². The Labute approximate surface area is 169 Å². The summed E-state index contributed by atoms with van der Waals surface area (Å²) in [6.07, 6.45) is 0. The van der Waals surface area contributed by atoms with Gasteiger partial charge in [-0.1, -0.05) is 48.5 Å². The minimum Gasteiger partial charge on any atom is -0.508 e. The van der Waals surface area contributed by atoms with Gasteiger partial charge in [0.25, 0.3) is 0 Å². The van der Waals surface area contributed by atoms with E-state index in [-0.39, 0.29) is 24.2 Å². The molecule has 0 fully saturated rings. The second kappa shape index (κ2) is 8.27. The molecule has 0 bridgehead atoms. The molecule has 0 radical (unpaired) electrons. The zero-order chi connectivity index (χ0) is 20.2. The van der Waals surface area contributed by atoms with Crippen LogP contribution in [0.15, 0.2) is 72.8 Å². The lowest BCUT2D eigenvalue weighted by atomic mass is 9.76. The Hall–Kier alpha value is -3.47. The van der Waals surface area contributed by atoms with E-state index in [0.717, 1.165) is 11.1 Å². The molecule has 5 nitrogen and oxygen atoms in total. The van der Waals surface area contributed by atoms with Gasteiger partial charge < -0.3 is 19.3 Å². The average Bonchev–Trinajstić information content (AvgIpc) is 2.77. The van der Waals surface area contributed by atoms with Crippen molar-refractivity contribution in [3.8, 4) is 17.2 Å². The Morgan fingerprint density at radius 1 is 1.03 bits per heavy atom. The molecule has 0 saturated carbocycles. The first-order valence-corrected chi connectivity index (χ1v) is 9.46. The maximum absolute atomic E-state index is 11.3. The summed E-state index contributed by atoms with van der Waals surface area (Å²) in [7, 11) is 1.33. The van der Waals surface area contributed by atoms with E-state index in [2.05, 4.69) is 16.9 Å². The minimum atomic E-state index is -0.420. The number of hydrogen-bond donors (Lipinski definition) is 1. The first-order valence-electron chi connectivity index (χ1n) is 9.46. The van der Waals surface area contributed by atoms with Gasteiger partial charge in [-0.05, 0) is 29.3 Å². The van der Waals surface area contributed by atoms with Crippen molar-refractivity contribution in [2.45, 2.75) is 11.8 Å².